The van der Waals surface area contributed by atoms with Gasteiger partial charge in [0.25, 0.3) is 0 Å². The Kier molecular flexibility index (Phi) is 4.00. The molecule has 0 unspecified atom stereocenters. The van der Waals surface area contributed by atoms with E-state index in [9.17, 15) is 4.79 Å². The Morgan fingerprint density at radius 3 is 2.09 bits per heavy atom. The number of ketones is 1. The number of rotatable bonds is 3. The molecule has 0 fully saturated rings. The molecule has 0 aromatic carbocycles. The van der Waals surface area contributed by atoms with Gasteiger partial charge in [0.15, 0.2) is 12.1 Å². The summed E-state index contributed by atoms with van der Waals surface area (Å²) in [5.74, 6) is -0.0457. The van der Waals surface area contributed by atoms with Crippen molar-refractivity contribution in [2.75, 3.05) is 0 Å². The minimum Gasteiger partial charge on any atom is -0.365 e. The Morgan fingerprint density at radius 2 is 1.82 bits per heavy atom. The fraction of sp³-hybridized carbons (Fsp3) is 0.625. The molecule has 0 aliphatic heterocycles. The average Bonchev–Trinajstić information content (AvgIpc) is 2.00. The molecule has 0 aromatic rings. The highest BCUT2D eigenvalue weighted by Gasteiger charge is 2.09. The van der Waals surface area contributed by atoms with Crippen LogP contribution in [0.5, 0.6) is 0 Å². The molecule has 0 amide bonds. The molecule has 0 bridgehead atoms. The first-order valence-corrected chi connectivity index (χ1v) is 3.57. The van der Waals surface area contributed by atoms with Crippen LogP contribution in [0.2, 0.25) is 0 Å². The van der Waals surface area contributed by atoms with Gasteiger partial charge in [0.05, 0.1) is 0 Å². The molecule has 64 valence electrons. The molecule has 2 N–H and O–H groups in total. The summed E-state index contributed by atoms with van der Waals surface area (Å²) in [7, 11) is 0. The molecule has 0 aromatic heterocycles. The van der Waals surface area contributed by atoms with Gasteiger partial charge < -0.3 is 10.2 Å². The number of Topliss-reactive ketones (excluding diaryl/α,β-unsaturated/α-hetero) is 1. The zero-order valence-corrected chi connectivity index (χ0v) is 7.09. The molecule has 0 rings (SSSR count). The van der Waals surface area contributed by atoms with Crippen molar-refractivity contribution in [1.82, 2.24) is 0 Å². The van der Waals surface area contributed by atoms with Crippen LogP contribution in [-0.4, -0.2) is 22.3 Å². The Morgan fingerprint density at radius 1 is 1.36 bits per heavy atom. The number of allylic oxidation sites excluding steroid dienone is 1. The zero-order chi connectivity index (χ0) is 9.02. The summed E-state index contributed by atoms with van der Waals surface area (Å²) in [6.07, 6.45) is -1.11. The summed E-state index contributed by atoms with van der Waals surface area (Å²) in [5.41, 5.74) is 0.777. The maximum absolute atomic E-state index is 11.0. The van der Waals surface area contributed by atoms with E-state index in [2.05, 4.69) is 0 Å². The van der Waals surface area contributed by atoms with Gasteiger partial charge in [0, 0.05) is 6.42 Å². The first kappa shape index (κ1) is 10.3. The quantitative estimate of drug-likeness (QED) is 0.467. The highest BCUT2D eigenvalue weighted by molar-refractivity contribution is 5.95. The number of carbonyl (C=O) groups is 1. The minimum absolute atomic E-state index is 0.0457. The molecular formula is C8H14O3. The summed E-state index contributed by atoms with van der Waals surface area (Å²) < 4.78 is 0. The van der Waals surface area contributed by atoms with Gasteiger partial charge in [-0.3, -0.25) is 4.79 Å². The lowest BCUT2D eigenvalue weighted by molar-refractivity contribution is -0.115. The molecule has 11 heavy (non-hydrogen) atoms. The fourth-order valence-corrected chi connectivity index (χ4v) is 0.679. The van der Waals surface area contributed by atoms with Crippen molar-refractivity contribution in [3.8, 4) is 0 Å². The van der Waals surface area contributed by atoms with Gasteiger partial charge in [0.1, 0.15) is 0 Å². The summed E-state index contributed by atoms with van der Waals surface area (Å²) in [6, 6.07) is 0. The highest BCUT2D eigenvalue weighted by atomic mass is 16.5. The average molecular weight is 158 g/mol. The van der Waals surface area contributed by atoms with Gasteiger partial charge in [-0.05, 0) is 25.0 Å². The number of hydrogen-bond acceptors (Lipinski definition) is 3. The summed E-state index contributed by atoms with van der Waals surface area (Å²) in [5, 5.41) is 17.4. The molecule has 3 heteroatoms. The smallest absolute Gasteiger partial charge is 0.174 e. The van der Waals surface area contributed by atoms with E-state index in [1.165, 1.54) is 6.92 Å². The van der Waals surface area contributed by atoms with E-state index in [1.54, 1.807) is 13.8 Å². The lowest BCUT2D eigenvalue weighted by atomic mass is 10.1. The van der Waals surface area contributed by atoms with Crippen molar-refractivity contribution >= 4 is 5.78 Å². The van der Waals surface area contributed by atoms with Crippen LogP contribution in [0.3, 0.4) is 0 Å². The van der Waals surface area contributed by atoms with Crippen molar-refractivity contribution in [3.63, 3.8) is 0 Å². The Hall–Kier alpha value is -0.670. The third-order valence-corrected chi connectivity index (χ3v) is 1.72. The number of carbonyl (C=O) groups excluding carboxylic acids is 1. The molecule has 0 aliphatic carbocycles. The summed E-state index contributed by atoms with van der Waals surface area (Å²) in [6.45, 7) is 4.87. The Labute approximate surface area is 66.4 Å². The monoisotopic (exact) mass is 158 g/mol. The maximum Gasteiger partial charge on any atom is 0.174 e. The predicted molar refractivity (Wildman–Crippen MR) is 41.9 cm³/mol. The number of aliphatic hydroxyl groups is 2. The largest absolute Gasteiger partial charge is 0.365 e. The highest BCUT2D eigenvalue weighted by Crippen LogP contribution is 2.08. The third kappa shape index (κ3) is 2.82. The Bertz CT molecular complexity index is 180. The van der Waals surface area contributed by atoms with E-state index >= 15 is 0 Å². The zero-order valence-electron chi connectivity index (χ0n) is 7.09. The fourth-order valence-electron chi connectivity index (χ4n) is 0.679. The standard InChI is InChI=1S/C8H14O3/c1-4-7(9)5(2)6(3)8(10)11/h8,10-11H,4H2,1-3H3/b6-5+. The molecule has 0 spiro atoms. The number of hydrogen-bond donors (Lipinski definition) is 2. The second-order valence-electron chi connectivity index (χ2n) is 2.46. The van der Waals surface area contributed by atoms with E-state index < -0.39 is 6.29 Å². The summed E-state index contributed by atoms with van der Waals surface area (Å²) in [4.78, 5) is 11.0. The third-order valence-electron chi connectivity index (χ3n) is 1.72. The van der Waals surface area contributed by atoms with E-state index in [4.69, 9.17) is 10.2 Å². The Balaban J connectivity index is 4.52. The molecule has 0 saturated carbocycles. The normalized spacial score (nSPS) is 13.3. The van der Waals surface area contributed by atoms with Gasteiger partial charge in [0.2, 0.25) is 0 Å². The van der Waals surface area contributed by atoms with Crippen molar-refractivity contribution < 1.29 is 15.0 Å². The molecule has 0 radical (unpaired) electrons. The first-order chi connectivity index (χ1) is 5.00. The molecule has 0 aliphatic rings. The molecule has 0 heterocycles. The number of aliphatic hydroxyl groups excluding tert-OH is 1. The van der Waals surface area contributed by atoms with Crippen molar-refractivity contribution in [1.29, 1.82) is 0 Å². The van der Waals surface area contributed by atoms with E-state index in [0.29, 0.717) is 17.6 Å². The van der Waals surface area contributed by atoms with Gasteiger partial charge in [-0.15, -0.1) is 0 Å². The topological polar surface area (TPSA) is 57.5 Å². The van der Waals surface area contributed by atoms with Gasteiger partial charge in [-0.25, -0.2) is 0 Å². The van der Waals surface area contributed by atoms with Crippen LogP contribution < -0.4 is 0 Å². The second kappa shape index (κ2) is 4.26. The van der Waals surface area contributed by atoms with Crippen molar-refractivity contribution in [3.05, 3.63) is 11.1 Å². The van der Waals surface area contributed by atoms with Gasteiger partial charge in [-0.2, -0.15) is 0 Å². The van der Waals surface area contributed by atoms with Gasteiger partial charge >= 0.3 is 0 Å². The molecule has 0 atom stereocenters. The van der Waals surface area contributed by atoms with E-state index in [1.807, 2.05) is 0 Å². The van der Waals surface area contributed by atoms with Crippen LogP contribution in [0.4, 0.5) is 0 Å². The van der Waals surface area contributed by atoms with Crippen LogP contribution >= 0.6 is 0 Å². The lowest BCUT2D eigenvalue weighted by Crippen LogP contribution is -2.11. The van der Waals surface area contributed by atoms with E-state index in [-0.39, 0.29) is 5.78 Å². The van der Waals surface area contributed by atoms with Crippen LogP contribution in [0.25, 0.3) is 0 Å². The molecule has 3 nitrogen and oxygen atoms in total. The first-order valence-electron chi connectivity index (χ1n) is 3.57. The SMILES string of the molecule is CCC(=O)/C(C)=C(\C)C(O)O. The predicted octanol–water partition coefficient (Wildman–Crippen LogP) is 0.613. The van der Waals surface area contributed by atoms with Crippen LogP contribution in [0.15, 0.2) is 11.1 Å². The van der Waals surface area contributed by atoms with Crippen LogP contribution in [-0.2, 0) is 4.79 Å². The minimum atomic E-state index is -1.51. The lowest BCUT2D eigenvalue weighted by Gasteiger charge is -2.06. The van der Waals surface area contributed by atoms with Crippen molar-refractivity contribution in [2.24, 2.45) is 0 Å². The van der Waals surface area contributed by atoms with Crippen LogP contribution in [0.1, 0.15) is 27.2 Å². The van der Waals surface area contributed by atoms with E-state index in [0.717, 1.165) is 0 Å². The maximum atomic E-state index is 11.0. The molecular weight excluding hydrogens is 144 g/mol. The summed E-state index contributed by atoms with van der Waals surface area (Å²) >= 11 is 0. The van der Waals surface area contributed by atoms with Crippen molar-refractivity contribution in [2.45, 2.75) is 33.5 Å². The second-order valence-corrected chi connectivity index (χ2v) is 2.46. The van der Waals surface area contributed by atoms with Crippen LogP contribution in [0, 0.1) is 0 Å². The van der Waals surface area contributed by atoms with Gasteiger partial charge in [-0.1, -0.05) is 6.92 Å². The molecule has 0 saturated heterocycles.